The first-order valence-electron chi connectivity index (χ1n) is 4.90. The van der Waals surface area contributed by atoms with E-state index in [1.807, 2.05) is 6.07 Å². The van der Waals surface area contributed by atoms with E-state index in [-0.39, 0.29) is 6.04 Å². The summed E-state index contributed by atoms with van der Waals surface area (Å²) in [5.74, 6) is 1.98. The Bertz CT molecular complexity index is 289. The molecule has 3 heteroatoms. The van der Waals surface area contributed by atoms with E-state index in [1.165, 1.54) is 12.8 Å². The normalized spacial score (nSPS) is 19.4. The van der Waals surface area contributed by atoms with E-state index in [2.05, 4.69) is 19.0 Å². The molecule has 0 aliphatic heterocycles. The predicted molar refractivity (Wildman–Crippen MR) is 50.2 cm³/mol. The topological polar surface area (TPSA) is 52.0 Å². The second kappa shape index (κ2) is 3.14. The number of aromatic nitrogens is 1. The fourth-order valence-corrected chi connectivity index (χ4v) is 1.43. The lowest BCUT2D eigenvalue weighted by Crippen LogP contribution is -2.12. The van der Waals surface area contributed by atoms with Crippen LogP contribution >= 0.6 is 0 Å². The highest BCUT2D eigenvalue weighted by Gasteiger charge is 2.31. The van der Waals surface area contributed by atoms with Gasteiger partial charge in [-0.05, 0) is 18.8 Å². The van der Waals surface area contributed by atoms with Crippen LogP contribution in [0, 0.1) is 5.92 Å². The van der Waals surface area contributed by atoms with E-state index >= 15 is 0 Å². The van der Waals surface area contributed by atoms with E-state index in [4.69, 9.17) is 10.3 Å². The Morgan fingerprint density at radius 2 is 2.23 bits per heavy atom. The van der Waals surface area contributed by atoms with E-state index < -0.39 is 0 Å². The Morgan fingerprint density at radius 1 is 1.54 bits per heavy atom. The van der Waals surface area contributed by atoms with Crippen molar-refractivity contribution in [1.29, 1.82) is 0 Å². The quantitative estimate of drug-likeness (QED) is 0.775. The fourth-order valence-electron chi connectivity index (χ4n) is 1.43. The first-order valence-corrected chi connectivity index (χ1v) is 4.90. The molecule has 1 aromatic heterocycles. The summed E-state index contributed by atoms with van der Waals surface area (Å²) in [5.41, 5.74) is 6.91. The molecule has 0 saturated heterocycles. The van der Waals surface area contributed by atoms with Crippen molar-refractivity contribution in [3.8, 4) is 0 Å². The number of hydrogen-bond donors (Lipinski definition) is 1. The van der Waals surface area contributed by atoms with Gasteiger partial charge in [0.2, 0.25) is 0 Å². The van der Waals surface area contributed by atoms with Gasteiger partial charge in [0, 0.05) is 12.0 Å². The van der Waals surface area contributed by atoms with Gasteiger partial charge in [-0.3, -0.25) is 0 Å². The van der Waals surface area contributed by atoms with Crippen LogP contribution in [0.3, 0.4) is 0 Å². The maximum absolute atomic E-state index is 5.99. The molecule has 0 spiro atoms. The largest absolute Gasteiger partial charge is 0.361 e. The molecule has 2 rings (SSSR count). The van der Waals surface area contributed by atoms with Gasteiger partial charge >= 0.3 is 0 Å². The molecule has 1 fully saturated rings. The zero-order valence-corrected chi connectivity index (χ0v) is 8.16. The van der Waals surface area contributed by atoms with Crippen molar-refractivity contribution in [2.75, 3.05) is 0 Å². The van der Waals surface area contributed by atoms with Crippen LogP contribution in [0.4, 0.5) is 0 Å². The van der Waals surface area contributed by atoms with E-state index in [0.29, 0.717) is 11.8 Å². The Labute approximate surface area is 78.3 Å². The third kappa shape index (κ3) is 1.75. The molecule has 13 heavy (non-hydrogen) atoms. The molecule has 0 bridgehead atoms. The van der Waals surface area contributed by atoms with Crippen molar-refractivity contribution in [1.82, 2.24) is 5.16 Å². The molecule has 0 radical (unpaired) electrons. The van der Waals surface area contributed by atoms with Gasteiger partial charge in [0.1, 0.15) is 11.5 Å². The third-order valence-corrected chi connectivity index (χ3v) is 2.59. The number of rotatable bonds is 3. The summed E-state index contributed by atoms with van der Waals surface area (Å²) in [4.78, 5) is 0. The molecule has 1 unspecified atom stereocenters. The summed E-state index contributed by atoms with van der Waals surface area (Å²) in [7, 11) is 0. The van der Waals surface area contributed by atoms with E-state index in [0.717, 1.165) is 11.5 Å². The van der Waals surface area contributed by atoms with E-state index in [1.54, 1.807) is 0 Å². The average molecular weight is 180 g/mol. The SMILES string of the molecule is CC(C)c1cc(C(N)C2CC2)no1. The van der Waals surface area contributed by atoms with Gasteiger partial charge in [-0.1, -0.05) is 19.0 Å². The van der Waals surface area contributed by atoms with Gasteiger partial charge in [0.25, 0.3) is 0 Å². The summed E-state index contributed by atoms with van der Waals surface area (Å²) >= 11 is 0. The van der Waals surface area contributed by atoms with Crippen LogP contribution in [0.2, 0.25) is 0 Å². The Kier molecular flexibility index (Phi) is 2.12. The molecule has 0 amide bonds. The molecule has 1 atom stereocenters. The molecule has 1 aliphatic rings. The standard InChI is InChI=1S/C10H16N2O/c1-6(2)9-5-8(12-13-9)10(11)7-3-4-7/h5-7,10H,3-4,11H2,1-2H3. The summed E-state index contributed by atoms with van der Waals surface area (Å²) < 4.78 is 5.20. The first-order chi connectivity index (χ1) is 6.18. The summed E-state index contributed by atoms with van der Waals surface area (Å²) in [5, 5.41) is 4.00. The third-order valence-electron chi connectivity index (χ3n) is 2.59. The molecule has 3 nitrogen and oxygen atoms in total. The van der Waals surface area contributed by atoms with Crippen molar-refractivity contribution < 1.29 is 4.52 Å². The smallest absolute Gasteiger partial charge is 0.139 e. The maximum atomic E-state index is 5.99. The summed E-state index contributed by atoms with van der Waals surface area (Å²) in [6, 6.07) is 2.09. The molecule has 2 N–H and O–H groups in total. The van der Waals surface area contributed by atoms with Crippen molar-refractivity contribution in [3.05, 3.63) is 17.5 Å². The lowest BCUT2D eigenvalue weighted by molar-refractivity contribution is 0.359. The highest BCUT2D eigenvalue weighted by atomic mass is 16.5. The lowest BCUT2D eigenvalue weighted by Gasteiger charge is -2.03. The predicted octanol–water partition coefficient (Wildman–Crippen LogP) is 2.21. The molecule has 1 aliphatic carbocycles. The van der Waals surface area contributed by atoms with Crippen LogP contribution in [0.1, 0.15) is 50.1 Å². The van der Waals surface area contributed by atoms with Crippen molar-refractivity contribution in [3.63, 3.8) is 0 Å². The van der Waals surface area contributed by atoms with Crippen LogP contribution in [0.25, 0.3) is 0 Å². The van der Waals surface area contributed by atoms with Gasteiger partial charge in [0.05, 0.1) is 6.04 Å². The van der Waals surface area contributed by atoms with Gasteiger partial charge in [-0.15, -0.1) is 0 Å². The van der Waals surface area contributed by atoms with Crippen LogP contribution in [0.5, 0.6) is 0 Å². The lowest BCUT2D eigenvalue weighted by atomic mass is 10.1. The number of hydrogen-bond acceptors (Lipinski definition) is 3. The average Bonchev–Trinajstić information content (AvgIpc) is 2.81. The second-order valence-electron chi connectivity index (χ2n) is 4.17. The molecule has 1 heterocycles. The maximum Gasteiger partial charge on any atom is 0.139 e. The first kappa shape index (κ1) is 8.75. The molecule has 1 aromatic rings. The minimum atomic E-state index is 0.0937. The molecule has 72 valence electrons. The van der Waals surface area contributed by atoms with Crippen molar-refractivity contribution in [2.45, 2.75) is 38.6 Å². The van der Waals surface area contributed by atoms with Crippen LogP contribution in [-0.4, -0.2) is 5.16 Å². The number of nitrogens with two attached hydrogens (primary N) is 1. The van der Waals surface area contributed by atoms with Crippen LogP contribution in [0.15, 0.2) is 10.6 Å². The van der Waals surface area contributed by atoms with E-state index in [9.17, 15) is 0 Å². The highest BCUT2D eigenvalue weighted by molar-refractivity contribution is 5.14. The van der Waals surface area contributed by atoms with Gasteiger partial charge in [-0.2, -0.15) is 0 Å². The Hall–Kier alpha value is -0.830. The van der Waals surface area contributed by atoms with Crippen molar-refractivity contribution >= 4 is 0 Å². The zero-order chi connectivity index (χ0) is 9.42. The monoisotopic (exact) mass is 180 g/mol. The summed E-state index contributed by atoms with van der Waals surface area (Å²) in [6.07, 6.45) is 2.48. The summed E-state index contributed by atoms with van der Waals surface area (Å²) in [6.45, 7) is 4.18. The van der Waals surface area contributed by atoms with Gasteiger partial charge < -0.3 is 10.3 Å². The minimum Gasteiger partial charge on any atom is -0.361 e. The zero-order valence-electron chi connectivity index (χ0n) is 8.16. The Balaban J connectivity index is 2.11. The fraction of sp³-hybridized carbons (Fsp3) is 0.700. The second-order valence-corrected chi connectivity index (χ2v) is 4.17. The minimum absolute atomic E-state index is 0.0937. The van der Waals surface area contributed by atoms with Gasteiger partial charge in [-0.25, -0.2) is 0 Å². The van der Waals surface area contributed by atoms with Crippen LogP contribution in [-0.2, 0) is 0 Å². The molecular weight excluding hydrogens is 164 g/mol. The van der Waals surface area contributed by atoms with Crippen molar-refractivity contribution in [2.24, 2.45) is 11.7 Å². The Morgan fingerprint density at radius 3 is 2.69 bits per heavy atom. The highest BCUT2D eigenvalue weighted by Crippen LogP contribution is 2.39. The number of nitrogens with zero attached hydrogens (tertiary/aromatic N) is 1. The van der Waals surface area contributed by atoms with Gasteiger partial charge in [0.15, 0.2) is 0 Å². The molecule has 0 aromatic carbocycles. The molecular formula is C10H16N2O. The molecule has 1 saturated carbocycles. The van der Waals surface area contributed by atoms with Crippen LogP contribution < -0.4 is 5.73 Å².